The lowest BCUT2D eigenvalue weighted by Crippen LogP contribution is -2.51. The summed E-state index contributed by atoms with van der Waals surface area (Å²) in [4.78, 5) is 21.3. The average molecular weight is 426 g/mol. The normalized spacial score (nSPS) is 20.3. The zero-order chi connectivity index (χ0) is 21.8. The number of piperidine rings is 1. The first-order chi connectivity index (χ1) is 14.6. The molecule has 0 saturated carbocycles. The van der Waals surface area contributed by atoms with E-state index in [1.807, 2.05) is 6.92 Å². The number of hydrogen-bond donors (Lipinski definition) is 2. The monoisotopic (exact) mass is 425 g/mol. The van der Waals surface area contributed by atoms with Crippen LogP contribution in [0.4, 0.5) is 4.79 Å². The third-order valence-electron chi connectivity index (χ3n) is 6.25. The van der Waals surface area contributed by atoms with Crippen LogP contribution in [-0.2, 0) is 9.47 Å². The Bertz CT molecular complexity index is 513. The lowest BCUT2D eigenvalue weighted by atomic mass is 9.92. The highest BCUT2D eigenvalue weighted by molar-refractivity contribution is 5.80. The molecule has 2 fully saturated rings. The zero-order valence-electron chi connectivity index (χ0n) is 19.5. The number of nitrogens with zero attached hydrogens (tertiary/aromatic N) is 3. The minimum Gasteiger partial charge on any atom is -0.450 e. The number of morpholine rings is 1. The Morgan fingerprint density at radius 3 is 2.33 bits per heavy atom. The van der Waals surface area contributed by atoms with E-state index in [0.717, 1.165) is 71.3 Å². The number of carbonyl (C=O) groups excluding carboxylic acids is 1. The minimum atomic E-state index is -0.199. The summed E-state index contributed by atoms with van der Waals surface area (Å²) in [5.74, 6) is 1.53. The Morgan fingerprint density at radius 1 is 1.10 bits per heavy atom. The van der Waals surface area contributed by atoms with E-state index in [-0.39, 0.29) is 6.09 Å². The smallest absolute Gasteiger partial charge is 0.409 e. The molecular weight excluding hydrogens is 382 g/mol. The lowest BCUT2D eigenvalue weighted by molar-refractivity contribution is 0.00394. The Morgan fingerprint density at radius 2 is 1.77 bits per heavy atom. The van der Waals surface area contributed by atoms with Gasteiger partial charge in [-0.2, -0.15) is 0 Å². The highest BCUT2D eigenvalue weighted by Crippen LogP contribution is 2.20. The van der Waals surface area contributed by atoms with Gasteiger partial charge in [-0.3, -0.25) is 9.89 Å². The first kappa shape index (κ1) is 24.7. The fraction of sp³-hybridized carbons (Fsp3) is 0.909. The van der Waals surface area contributed by atoms with Crippen LogP contribution in [0.5, 0.6) is 0 Å². The van der Waals surface area contributed by atoms with Crippen LogP contribution in [0.25, 0.3) is 0 Å². The molecule has 1 unspecified atom stereocenters. The van der Waals surface area contributed by atoms with E-state index in [1.54, 1.807) is 4.90 Å². The van der Waals surface area contributed by atoms with Gasteiger partial charge < -0.3 is 25.0 Å². The van der Waals surface area contributed by atoms with Crippen molar-refractivity contribution in [2.75, 3.05) is 59.1 Å². The second-order valence-corrected chi connectivity index (χ2v) is 8.12. The van der Waals surface area contributed by atoms with Crippen LogP contribution >= 0.6 is 0 Å². The summed E-state index contributed by atoms with van der Waals surface area (Å²) in [5, 5.41) is 7.01. The number of ether oxygens (including phenoxy) is 2. The second-order valence-electron chi connectivity index (χ2n) is 8.12. The van der Waals surface area contributed by atoms with Crippen molar-refractivity contribution in [1.82, 2.24) is 20.4 Å². The highest BCUT2D eigenvalue weighted by atomic mass is 16.6. The fourth-order valence-corrected chi connectivity index (χ4v) is 4.42. The van der Waals surface area contributed by atoms with E-state index in [0.29, 0.717) is 24.6 Å². The molecule has 0 bridgehead atoms. The van der Waals surface area contributed by atoms with Gasteiger partial charge in [0.05, 0.1) is 26.4 Å². The maximum Gasteiger partial charge on any atom is 0.409 e. The molecule has 1 amide bonds. The average Bonchev–Trinajstić information content (AvgIpc) is 2.78. The summed E-state index contributed by atoms with van der Waals surface area (Å²) in [6.45, 7) is 15.6. The van der Waals surface area contributed by atoms with Crippen molar-refractivity contribution in [2.45, 2.75) is 65.5 Å². The van der Waals surface area contributed by atoms with Crippen molar-refractivity contribution in [1.29, 1.82) is 0 Å². The number of rotatable bonds is 9. The van der Waals surface area contributed by atoms with Gasteiger partial charge in [0.15, 0.2) is 5.96 Å². The summed E-state index contributed by atoms with van der Waals surface area (Å²) in [6.07, 6.45) is 3.95. The number of aliphatic imine (C=N–C) groups is 1. The van der Waals surface area contributed by atoms with Crippen molar-refractivity contribution in [3.05, 3.63) is 0 Å². The molecule has 0 aromatic rings. The molecular formula is C22H43N5O3. The highest BCUT2D eigenvalue weighted by Gasteiger charge is 2.27. The summed E-state index contributed by atoms with van der Waals surface area (Å²) >= 11 is 0. The molecule has 0 spiro atoms. The van der Waals surface area contributed by atoms with Crippen molar-refractivity contribution in [2.24, 2.45) is 10.9 Å². The molecule has 174 valence electrons. The van der Waals surface area contributed by atoms with Crippen molar-refractivity contribution < 1.29 is 14.3 Å². The molecule has 30 heavy (non-hydrogen) atoms. The molecule has 0 aromatic carbocycles. The Labute approximate surface area is 182 Å². The van der Waals surface area contributed by atoms with Gasteiger partial charge in [0, 0.05) is 44.8 Å². The SMILES string of the molecule is CCNC(=NCC(C(CC)CC)N1CCOCC1)NC1CCN(C(=O)OCC)CC1. The molecule has 2 heterocycles. The van der Waals surface area contributed by atoms with Gasteiger partial charge in [0.25, 0.3) is 0 Å². The molecule has 2 rings (SSSR count). The molecule has 0 aliphatic carbocycles. The van der Waals surface area contributed by atoms with Gasteiger partial charge in [0.2, 0.25) is 0 Å². The quantitative estimate of drug-likeness (QED) is 0.436. The van der Waals surface area contributed by atoms with Crippen LogP contribution in [-0.4, -0.2) is 93.0 Å². The molecule has 0 radical (unpaired) electrons. The number of nitrogens with one attached hydrogen (secondary N) is 2. The van der Waals surface area contributed by atoms with Gasteiger partial charge in [-0.25, -0.2) is 4.79 Å². The maximum atomic E-state index is 11.9. The third-order valence-corrected chi connectivity index (χ3v) is 6.25. The number of hydrogen-bond acceptors (Lipinski definition) is 5. The second kappa shape index (κ2) is 13.7. The first-order valence-electron chi connectivity index (χ1n) is 11.9. The van der Waals surface area contributed by atoms with Crippen LogP contribution in [0.1, 0.15) is 53.4 Å². The summed E-state index contributed by atoms with van der Waals surface area (Å²) in [5.41, 5.74) is 0. The predicted octanol–water partition coefficient (Wildman–Crippen LogP) is 2.30. The third kappa shape index (κ3) is 7.61. The Hall–Kier alpha value is -1.54. The van der Waals surface area contributed by atoms with E-state index in [9.17, 15) is 4.79 Å². The van der Waals surface area contributed by atoms with E-state index in [4.69, 9.17) is 14.5 Å². The molecule has 0 aromatic heterocycles. The predicted molar refractivity (Wildman–Crippen MR) is 121 cm³/mol. The Kier molecular flexibility index (Phi) is 11.3. The van der Waals surface area contributed by atoms with Crippen LogP contribution in [0.15, 0.2) is 4.99 Å². The van der Waals surface area contributed by atoms with Crippen LogP contribution in [0, 0.1) is 5.92 Å². The van der Waals surface area contributed by atoms with Gasteiger partial charge in [-0.15, -0.1) is 0 Å². The van der Waals surface area contributed by atoms with Crippen LogP contribution < -0.4 is 10.6 Å². The minimum absolute atomic E-state index is 0.199. The number of likely N-dealkylation sites (tertiary alicyclic amines) is 1. The van der Waals surface area contributed by atoms with Crippen LogP contribution in [0.3, 0.4) is 0 Å². The van der Waals surface area contributed by atoms with E-state index in [2.05, 4.69) is 36.3 Å². The molecule has 1 atom stereocenters. The van der Waals surface area contributed by atoms with Gasteiger partial charge in [0.1, 0.15) is 0 Å². The summed E-state index contributed by atoms with van der Waals surface area (Å²) in [7, 11) is 0. The van der Waals surface area contributed by atoms with Crippen molar-refractivity contribution in [3.63, 3.8) is 0 Å². The summed E-state index contributed by atoms with van der Waals surface area (Å²) in [6, 6.07) is 0.772. The fourth-order valence-electron chi connectivity index (χ4n) is 4.42. The largest absolute Gasteiger partial charge is 0.450 e. The molecule has 2 N–H and O–H groups in total. The van der Waals surface area contributed by atoms with E-state index >= 15 is 0 Å². The molecule has 2 aliphatic heterocycles. The molecule has 2 saturated heterocycles. The number of carbonyl (C=O) groups is 1. The van der Waals surface area contributed by atoms with Crippen molar-refractivity contribution >= 4 is 12.1 Å². The van der Waals surface area contributed by atoms with E-state index in [1.165, 1.54) is 12.8 Å². The van der Waals surface area contributed by atoms with Gasteiger partial charge >= 0.3 is 6.09 Å². The first-order valence-corrected chi connectivity index (χ1v) is 11.9. The molecule has 2 aliphatic rings. The number of guanidine groups is 1. The zero-order valence-corrected chi connectivity index (χ0v) is 19.5. The number of amides is 1. The molecule has 8 heteroatoms. The topological polar surface area (TPSA) is 78.4 Å². The van der Waals surface area contributed by atoms with Crippen LogP contribution in [0.2, 0.25) is 0 Å². The summed E-state index contributed by atoms with van der Waals surface area (Å²) < 4.78 is 10.7. The van der Waals surface area contributed by atoms with Crippen molar-refractivity contribution in [3.8, 4) is 0 Å². The standard InChI is InChI=1S/C22H43N5O3/c1-5-18(6-2)20(26-13-15-29-16-14-26)17-24-21(23-7-3)25-19-9-11-27(12-10-19)22(28)30-8-4/h18-20H,5-17H2,1-4H3,(H2,23,24,25). The maximum absolute atomic E-state index is 11.9. The van der Waals surface area contributed by atoms with Gasteiger partial charge in [-0.05, 0) is 32.6 Å². The molecule has 8 nitrogen and oxygen atoms in total. The Balaban J connectivity index is 1.95. The lowest BCUT2D eigenvalue weighted by Gasteiger charge is -2.38. The van der Waals surface area contributed by atoms with Gasteiger partial charge in [-0.1, -0.05) is 26.7 Å². The van der Waals surface area contributed by atoms with E-state index < -0.39 is 0 Å².